The molecule has 1 aromatic carbocycles. The molecular formula is C14H13ClFN3O3. The van der Waals surface area contributed by atoms with Crippen LogP contribution < -0.4 is 5.32 Å². The van der Waals surface area contributed by atoms with Gasteiger partial charge in [0.05, 0.1) is 22.1 Å². The van der Waals surface area contributed by atoms with E-state index in [4.69, 9.17) is 11.6 Å². The molecule has 0 amide bonds. The molecule has 116 valence electrons. The van der Waals surface area contributed by atoms with Crippen molar-refractivity contribution in [3.63, 3.8) is 0 Å². The molecule has 0 aliphatic carbocycles. The summed E-state index contributed by atoms with van der Waals surface area (Å²) in [5.41, 5.74) is 0.307. The number of aliphatic hydroxyl groups excluding tert-OH is 1. The minimum Gasteiger partial charge on any atom is -0.386 e. The molecular weight excluding hydrogens is 313 g/mol. The minimum atomic E-state index is -0.923. The second kappa shape index (κ2) is 6.67. The lowest BCUT2D eigenvalue weighted by molar-refractivity contribution is -0.385. The van der Waals surface area contributed by atoms with Crippen LogP contribution >= 0.6 is 11.6 Å². The quantitative estimate of drug-likeness (QED) is 0.650. The Labute approximate surface area is 130 Å². The molecule has 2 atom stereocenters. The third-order valence-corrected chi connectivity index (χ3v) is 3.38. The monoisotopic (exact) mass is 325 g/mol. The van der Waals surface area contributed by atoms with Crippen molar-refractivity contribution in [1.29, 1.82) is 0 Å². The number of nitrogens with zero attached hydrogens (tertiary/aromatic N) is 2. The summed E-state index contributed by atoms with van der Waals surface area (Å²) in [5, 5.41) is 23.8. The number of halogens is 2. The van der Waals surface area contributed by atoms with Gasteiger partial charge in [-0.05, 0) is 24.6 Å². The van der Waals surface area contributed by atoms with E-state index in [-0.39, 0.29) is 16.5 Å². The van der Waals surface area contributed by atoms with E-state index in [0.29, 0.717) is 5.56 Å². The van der Waals surface area contributed by atoms with Crippen LogP contribution in [0.1, 0.15) is 18.6 Å². The van der Waals surface area contributed by atoms with Gasteiger partial charge in [-0.15, -0.1) is 0 Å². The topological polar surface area (TPSA) is 88.3 Å². The average Bonchev–Trinajstić information content (AvgIpc) is 2.49. The number of anilines is 1. The molecule has 1 aromatic heterocycles. The first-order chi connectivity index (χ1) is 10.4. The zero-order chi connectivity index (χ0) is 16.3. The molecule has 0 saturated carbocycles. The van der Waals surface area contributed by atoms with Crippen LogP contribution in [0.2, 0.25) is 5.02 Å². The van der Waals surface area contributed by atoms with E-state index in [1.807, 2.05) is 0 Å². The molecule has 2 N–H and O–H groups in total. The average molecular weight is 326 g/mol. The minimum absolute atomic E-state index is 0.0763. The van der Waals surface area contributed by atoms with Crippen molar-refractivity contribution < 1.29 is 14.4 Å². The molecule has 8 heteroatoms. The summed E-state index contributed by atoms with van der Waals surface area (Å²) >= 11 is 5.93. The fourth-order valence-corrected chi connectivity index (χ4v) is 2.09. The summed E-state index contributed by atoms with van der Waals surface area (Å²) in [4.78, 5) is 13.9. The van der Waals surface area contributed by atoms with Gasteiger partial charge in [-0.1, -0.05) is 23.7 Å². The SMILES string of the molecule is CC(Nc1ncc([N+](=O)[O-])cc1Cl)C(O)c1ccc(F)cc1. The van der Waals surface area contributed by atoms with Crippen LogP contribution in [0.15, 0.2) is 36.5 Å². The summed E-state index contributed by atoms with van der Waals surface area (Å²) in [6.07, 6.45) is 0.152. The Bertz CT molecular complexity index is 682. The highest BCUT2D eigenvalue weighted by Crippen LogP contribution is 2.26. The van der Waals surface area contributed by atoms with Gasteiger partial charge in [0.1, 0.15) is 17.8 Å². The number of hydrogen-bond acceptors (Lipinski definition) is 5. The molecule has 0 radical (unpaired) electrons. The number of aliphatic hydroxyl groups is 1. The zero-order valence-corrected chi connectivity index (χ0v) is 12.3. The molecule has 0 spiro atoms. The predicted molar refractivity (Wildman–Crippen MR) is 80.3 cm³/mol. The molecule has 0 saturated heterocycles. The highest BCUT2D eigenvalue weighted by Gasteiger charge is 2.19. The van der Waals surface area contributed by atoms with Gasteiger partial charge in [-0.3, -0.25) is 10.1 Å². The predicted octanol–water partition coefficient (Wildman–Crippen LogP) is 3.32. The van der Waals surface area contributed by atoms with Gasteiger partial charge < -0.3 is 10.4 Å². The lowest BCUT2D eigenvalue weighted by Crippen LogP contribution is -2.24. The van der Waals surface area contributed by atoms with Crippen LogP contribution in [0.25, 0.3) is 0 Å². The van der Waals surface area contributed by atoms with Crippen molar-refractivity contribution in [2.24, 2.45) is 0 Å². The summed E-state index contributed by atoms with van der Waals surface area (Å²) in [6.45, 7) is 1.69. The van der Waals surface area contributed by atoms with Crippen molar-refractivity contribution in [2.45, 2.75) is 19.1 Å². The highest BCUT2D eigenvalue weighted by molar-refractivity contribution is 6.33. The fourth-order valence-electron chi connectivity index (χ4n) is 1.88. The van der Waals surface area contributed by atoms with E-state index < -0.39 is 22.9 Å². The third kappa shape index (κ3) is 3.69. The number of hydrogen-bond donors (Lipinski definition) is 2. The number of rotatable bonds is 5. The summed E-state index contributed by atoms with van der Waals surface area (Å²) < 4.78 is 12.9. The number of nitro groups is 1. The fraction of sp³-hybridized carbons (Fsp3) is 0.214. The Kier molecular flexibility index (Phi) is 4.89. The Morgan fingerprint density at radius 2 is 2.05 bits per heavy atom. The maximum Gasteiger partial charge on any atom is 0.289 e. The van der Waals surface area contributed by atoms with E-state index in [0.717, 1.165) is 6.20 Å². The highest BCUT2D eigenvalue weighted by atomic mass is 35.5. The molecule has 0 bridgehead atoms. The Hall–Kier alpha value is -2.25. The number of aromatic nitrogens is 1. The maximum absolute atomic E-state index is 12.9. The number of pyridine rings is 1. The lowest BCUT2D eigenvalue weighted by Gasteiger charge is -2.21. The molecule has 2 unspecified atom stereocenters. The smallest absolute Gasteiger partial charge is 0.289 e. The van der Waals surface area contributed by atoms with Crippen LogP contribution in [-0.4, -0.2) is 21.1 Å². The van der Waals surface area contributed by atoms with Crippen LogP contribution in [0, 0.1) is 15.9 Å². The van der Waals surface area contributed by atoms with Crippen molar-refractivity contribution in [3.05, 3.63) is 63.0 Å². The summed E-state index contributed by atoms with van der Waals surface area (Å²) in [6, 6.07) is 6.14. The van der Waals surface area contributed by atoms with E-state index in [1.54, 1.807) is 6.92 Å². The van der Waals surface area contributed by atoms with Gasteiger partial charge in [-0.2, -0.15) is 0 Å². The van der Waals surface area contributed by atoms with Crippen molar-refractivity contribution in [3.8, 4) is 0 Å². The molecule has 2 rings (SSSR count). The lowest BCUT2D eigenvalue weighted by atomic mass is 10.0. The molecule has 0 aliphatic rings. The van der Waals surface area contributed by atoms with Gasteiger partial charge in [0.2, 0.25) is 0 Å². The van der Waals surface area contributed by atoms with Gasteiger partial charge in [0.25, 0.3) is 5.69 Å². The normalized spacial score (nSPS) is 13.5. The second-order valence-electron chi connectivity index (χ2n) is 4.71. The summed E-state index contributed by atoms with van der Waals surface area (Å²) in [5.74, 6) is -0.169. The Morgan fingerprint density at radius 1 is 1.41 bits per heavy atom. The van der Waals surface area contributed by atoms with E-state index >= 15 is 0 Å². The number of benzene rings is 1. The second-order valence-corrected chi connectivity index (χ2v) is 5.12. The van der Waals surface area contributed by atoms with Crippen LogP contribution in [0.4, 0.5) is 15.9 Å². The molecule has 6 nitrogen and oxygen atoms in total. The third-order valence-electron chi connectivity index (χ3n) is 3.09. The maximum atomic E-state index is 12.9. The van der Waals surface area contributed by atoms with Gasteiger partial charge in [0.15, 0.2) is 0 Å². The van der Waals surface area contributed by atoms with Gasteiger partial charge in [-0.25, -0.2) is 9.37 Å². The molecule has 1 heterocycles. The molecule has 0 aliphatic heterocycles. The molecule has 22 heavy (non-hydrogen) atoms. The van der Waals surface area contributed by atoms with Crippen molar-refractivity contribution >= 4 is 23.1 Å². The van der Waals surface area contributed by atoms with Crippen LogP contribution in [0.3, 0.4) is 0 Å². The zero-order valence-electron chi connectivity index (χ0n) is 11.5. The first kappa shape index (κ1) is 16.1. The molecule has 0 fully saturated rings. The first-order valence-electron chi connectivity index (χ1n) is 6.38. The standard InChI is InChI=1S/C14H13ClFN3O3/c1-8(13(20)9-2-4-10(16)5-3-9)18-14-12(15)6-11(7-17-14)19(21)22/h2-8,13,20H,1H3,(H,17,18). The first-order valence-corrected chi connectivity index (χ1v) is 6.76. The van der Waals surface area contributed by atoms with E-state index in [2.05, 4.69) is 10.3 Å². The van der Waals surface area contributed by atoms with Gasteiger partial charge in [0, 0.05) is 6.07 Å². The summed E-state index contributed by atoms with van der Waals surface area (Å²) in [7, 11) is 0. The Morgan fingerprint density at radius 3 is 2.59 bits per heavy atom. The van der Waals surface area contributed by atoms with E-state index in [9.17, 15) is 19.6 Å². The van der Waals surface area contributed by atoms with Gasteiger partial charge >= 0.3 is 0 Å². The Balaban J connectivity index is 2.12. The van der Waals surface area contributed by atoms with E-state index in [1.165, 1.54) is 30.3 Å². The van der Waals surface area contributed by atoms with Crippen molar-refractivity contribution in [2.75, 3.05) is 5.32 Å². The van der Waals surface area contributed by atoms with Crippen LogP contribution in [-0.2, 0) is 0 Å². The van der Waals surface area contributed by atoms with Crippen LogP contribution in [0.5, 0.6) is 0 Å². The molecule has 2 aromatic rings. The largest absolute Gasteiger partial charge is 0.386 e. The number of nitrogens with one attached hydrogen (secondary N) is 1. The van der Waals surface area contributed by atoms with Crippen molar-refractivity contribution in [1.82, 2.24) is 4.98 Å².